The van der Waals surface area contributed by atoms with Crippen molar-refractivity contribution in [2.45, 2.75) is 11.9 Å². The zero-order valence-electron chi connectivity index (χ0n) is 18.3. The van der Waals surface area contributed by atoms with Crippen LogP contribution in [0.1, 0.15) is 15.9 Å². The summed E-state index contributed by atoms with van der Waals surface area (Å²) < 4.78 is 29.3. The average molecular weight is 469 g/mol. The second-order valence-electron chi connectivity index (χ2n) is 7.90. The number of nitrogens with zero attached hydrogens (tertiary/aromatic N) is 5. The molecule has 1 amide bonds. The number of aromatic nitrogens is 2. The Kier molecular flexibility index (Phi) is 7.25. The van der Waals surface area contributed by atoms with E-state index in [1.54, 1.807) is 7.05 Å². The Hall–Kier alpha value is -2.14. The smallest absolute Gasteiger partial charge is 0.263 e. The van der Waals surface area contributed by atoms with Crippen LogP contribution in [-0.4, -0.2) is 86.7 Å². The summed E-state index contributed by atoms with van der Waals surface area (Å²) in [7, 11) is 1.50. The Morgan fingerprint density at radius 3 is 2.55 bits per heavy atom. The van der Waals surface area contributed by atoms with Crippen molar-refractivity contribution in [3.05, 3.63) is 40.5 Å². The first kappa shape index (κ1) is 23.5. The molecule has 0 atom stereocenters. The van der Waals surface area contributed by atoms with E-state index in [0.717, 1.165) is 11.3 Å². The lowest BCUT2D eigenvalue weighted by atomic mass is 10.1. The minimum atomic E-state index is -3.90. The summed E-state index contributed by atoms with van der Waals surface area (Å²) in [6.45, 7) is 4.72. The van der Waals surface area contributed by atoms with Gasteiger partial charge in [-0.25, -0.2) is 8.42 Å². The number of anilines is 1. The number of hydrogen-bond acceptors (Lipinski definition) is 6. The largest absolute Gasteiger partial charge is 0.369 e. The standard InChI is InChI=1S/C20H29ClN6O3S/c1-15-5-6-16(21)13-18(15)26-9-11-27(12-10-26)31(29,30)20-17(14-25(4)23-20)19(28)22-7-8-24(2)3/h5-6,13-14H,7-12H2,1-4H3,(H,22,28). The highest BCUT2D eigenvalue weighted by Gasteiger charge is 2.34. The molecule has 1 aliphatic heterocycles. The number of sulfonamides is 1. The first-order valence-corrected chi connectivity index (χ1v) is 11.9. The highest BCUT2D eigenvalue weighted by molar-refractivity contribution is 7.89. The molecule has 3 rings (SSSR count). The lowest BCUT2D eigenvalue weighted by Crippen LogP contribution is -2.49. The monoisotopic (exact) mass is 468 g/mol. The van der Waals surface area contributed by atoms with Crippen LogP contribution in [0.3, 0.4) is 0 Å². The maximum absolute atomic E-state index is 13.3. The molecule has 0 bridgehead atoms. The summed E-state index contributed by atoms with van der Waals surface area (Å²) in [5.41, 5.74) is 2.15. The fraction of sp³-hybridized carbons (Fsp3) is 0.500. The Balaban J connectivity index is 1.74. The SMILES string of the molecule is Cc1ccc(Cl)cc1N1CCN(S(=O)(=O)c2nn(C)cc2C(=O)NCCN(C)C)CC1. The Morgan fingerprint density at radius 1 is 1.23 bits per heavy atom. The lowest BCUT2D eigenvalue weighted by molar-refractivity contribution is 0.0947. The van der Waals surface area contributed by atoms with Gasteiger partial charge in [-0.2, -0.15) is 9.40 Å². The zero-order chi connectivity index (χ0) is 22.8. The summed E-state index contributed by atoms with van der Waals surface area (Å²) in [6, 6.07) is 5.69. The van der Waals surface area contributed by atoms with E-state index in [-0.39, 0.29) is 10.6 Å². The first-order valence-electron chi connectivity index (χ1n) is 10.1. The van der Waals surface area contributed by atoms with Crippen LogP contribution in [0, 0.1) is 6.92 Å². The van der Waals surface area contributed by atoms with Crippen LogP contribution in [0.15, 0.2) is 29.4 Å². The van der Waals surface area contributed by atoms with Gasteiger partial charge in [-0.1, -0.05) is 17.7 Å². The van der Waals surface area contributed by atoms with Crippen molar-refractivity contribution in [1.82, 2.24) is 24.3 Å². The minimum Gasteiger partial charge on any atom is -0.369 e. The number of halogens is 1. The van der Waals surface area contributed by atoms with E-state index in [0.29, 0.717) is 44.3 Å². The van der Waals surface area contributed by atoms with Crippen molar-refractivity contribution in [3.8, 4) is 0 Å². The van der Waals surface area contributed by atoms with Crippen molar-refractivity contribution in [3.63, 3.8) is 0 Å². The molecule has 9 nitrogen and oxygen atoms in total. The van der Waals surface area contributed by atoms with Gasteiger partial charge >= 0.3 is 0 Å². The number of piperazine rings is 1. The normalized spacial score (nSPS) is 15.5. The van der Waals surface area contributed by atoms with Crippen molar-refractivity contribution in [2.24, 2.45) is 7.05 Å². The molecular weight excluding hydrogens is 440 g/mol. The van der Waals surface area contributed by atoms with Crippen LogP contribution < -0.4 is 10.2 Å². The van der Waals surface area contributed by atoms with Gasteiger partial charge in [-0.05, 0) is 38.7 Å². The molecular formula is C20H29ClN6O3S. The van der Waals surface area contributed by atoms with E-state index in [1.165, 1.54) is 15.2 Å². The van der Waals surface area contributed by atoms with Crippen LogP contribution >= 0.6 is 11.6 Å². The molecule has 1 aromatic carbocycles. The number of likely N-dealkylation sites (N-methyl/N-ethyl adjacent to an activating group) is 1. The molecule has 0 unspecified atom stereocenters. The molecule has 1 N–H and O–H groups in total. The fourth-order valence-corrected chi connectivity index (χ4v) is 5.23. The number of aryl methyl sites for hydroxylation is 2. The lowest BCUT2D eigenvalue weighted by Gasteiger charge is -2.35. The highest BCUT2D eigenvalue weighted by Crippen LogP contribution is 2.27. The second kappa shape index (κ2) is 9.56. The zero-order valence-corrected chi connectivity index (χ0v) is 19.9. The van der Waals surface area contributed by atoms with Crippen LogP contribution in [0.25, 0.3) is 0 Å². The molecule has 1 aromatic heterocycles. The molecule has 1 aliphatic rings. The van der Waals surface area contributed by atoms with Gasteiger partial charge in [-0.15, -0.1) is 0 Å². The van der Waals surface area contributed by atoms with E-state index >= 15 is 0 Å². The fourth-order valence-electron chi connectivity index (χ4n) is 3.52. The predicted octanol–water partition coefficient (Wildman–Crippen LogP) is 1.18. The summed E-state index contributed by atoms with van der Waals surface area (Å²) in [6.07, 6.45) is 1.45. The molecule has 2 aromatic rings. The number of rotatable bonds is 7. The van der Waals surface area contributed by atoms with E-state index in [2.05, 4.69) is 15.3 Å². The molecule has 0 radical (unpaired) electrons. The quantitative estimate of drug-likeness (QED) is 0.656. The molecule has 2 heterocycles. The Labute approximate surface area is 188 Å². The molecule has 0 saturated carbocycles. The van der Waals surface area contributed by atoms with Crippen molar-refractivity contribution in [1.29, 1.82) is 0 Å². The van der Waals surface area contributed by atoms with E-state index in [4.69, 9.17) is 11.6 Å². The molecule has 0 aliphatic carbocycles. The third-order valence-electron chi connectivity index (χ3n) is 5.22. The van der Waals surface area contributed by atoms with Gasteiger partial charge in [0.05, 0.1) is 5.56 Å². The predicted molar refractivity (Wildman–Crippen MR) is 121 cm³/mol. The van der Waals surface area contributed by atoms with Crippen LogP contribution in [0.5, 0.6) is 0 Å². The van der Waals surface area contributed by atoms with Crippen LogP contribution in [-0.2, 0) is 17.1 Å². The first-order chi connectivity index (χ1) is 14.6. The van der Waals surface area contributed by atoms with Crippen LogP contribution in [0.4, 0.5) is 5.69 Å². The molecule has 1 fully saturated rings. The number of hydrogen-bond donors (Lipinski definition) is 1. The van der Waals surface area contributed by atoms with Gasteiger partial charge in [0.15, 0.2) is 0 Å². The van der Waals surface area contributed by atoms with Crippen LogP contribution in [0.2, 0.25) is 5.02 Å². The summed E-state index contributed by atoms with van der Waals surface area (Å²) >= 11 is 6.14. The number of carbonyl (C=O) groups excluding carboxylic acids is 1. The summed E-state index contributed by atoms with van der Waals surface area (Å²) in [4.78, 5) is 16.7. The Bertz CT molecular complexity index is 1050. The third-order valence-corrected chi connectivity index (χ3v) is 7.29. The molecule has 1 saturated heterocycles. The van der Waals surface area contributed by atoms with Crippen molar-refractivity contribution >= 4 is 33.2 Å². The van der Waals surface area contributed by atoms with E-state index in [9.17, 15) is 13.2 Å². The van der Waals surface area contributed by atoms with Gasteiger partial charge in [0.25, 0.3) is 15.9 Å². The maximum atomic E-state index is 13.3. The van der Waals surface area contributed by atoms with Gasteiger partial charge in [-0.3, -0.25) is 9.48 Å². The third kappa shape index (κ3) is 5.38. The van der Waals surface area contributed by atoms with Crippen molar-refractivity contribution in [2.75, 3.05) is 58.3 Å². The Morgan fingerprint density at radius 2 is 1.90 bits per heavy atom. The molecule has 11 heteroatoms. The maximum Gasteiger partial charge on any atom is 0.263 e. The average Bonchev–Trinajstić information content (AvgIpc) is 3.12. The molecule has 170 valence electrons. The minimum absolute atomic E-state index is 0.0642. The van der Waals surface area contributed by atoms with Crippen molar-refractivity contribution < 1.29 is 13.2 Å². The van der Waals surface area contributed by atoms with Gasteiger partial charge in [0, 0.05) is 63.2 Å². The topological polar surface area (TPSA) is 90.8 Å². The second-order valence-corrected chi connectivity index (χ2v) is 10.2. The summed E-state index contributed by atoms with van der Waals surface area (Å²) in [5, 5.41) is 7.31. The highest BCUT2D eigenvalue weighted by atomic mass is 35.5. The van der Waals surface area contributed by atoms with Gasteiger partial charge in [0.1, 0.15) is 0 Å². The van der Waals surface area contributed by atoms with Gasteiger partial charge < -0.3 is 15.1 Å². The van der Waals surface area contributed by atoms with E-state index < -0.39 is 15.9 Å². The van der Waals surface area contributed by atoms with E-state index in [1.807, 2.05) is 44.1 Å². The number of nitrogens with one attached hydrogen (secondary N) is 1. The molecule has 31 heavy (non-hydrogen) atoms. The number of amides is 1. The molecule has 0 spiro atoms. The number of carbonyl (C=O) groups is 1. The van der Waals surface area contributed by atoms with Gasteiger partial charge in [0.2, 0.25) is 5.03 Å². The summed E-state index contributed by atoms with van der Waals surface area (Å²) in [5.74, 6) is -0.443. The number of benzene rings is 1.